The van der Waals surface area contributed by atoms with Gasteiger partial charge in [-0.3, -0.25) is 0 Å². The van der Waals surface area contributed by atoms with Crippen molar-refractivity contribution in [3.05, 3.63) is 6.07 Å². The SMILES string of the molecule is CCNc1cc(N2CCOC(C)(C)C2)nc(SC)n1. The van der Waals surface area contributed by atoms with Crippen LogP contribution in [-0.4, -0.2) is 48.1 Å². The minimum atomic E-state index is -0.124. The molecule has 19 heavy (non-hydrogen) atoms. The van der Waals surface area contributed by atoms with Crippen LogP contribution in [0.5, 0.6) is 0 Å². The van der Waals surface area contributed by atoms with Crippen LogP contribution >= 0.6 is 11.8 Å². The zero-order valence-electron chi connectivity index (χ0n) is 12.1. The molecular weight excluding hydrogens is 260 g/mol. The Morgan fingerprint density at radius 3 is 2.89 bits per heavy atom. The molecule has 6 heteroatoms. The monoisotopic (exact) mass is 282 g/mol. The maximum absolute atomic E-state index is 5.75. The van der Waals surface area contributed by atoms with Gasteiger partial charge in [-0.05, 0) is 27.0 Å². The lowest BCUT2D eigenvalue weighted by molar-refractivity contribution is -0.0279. The average molecular weight is 282 g/mol. The van der Waals surface area contributed by atoms with Crippen LogP contribution in [0.25, 0.3) is 0 Å². The van der Waals surface area contributed by atoms with Crippen LogP contribution in [0.15, 0.2) is 11.2 Å². The van der Waals surface area contributed by atoms with Gasteiger partial charge in [-0.2, -0.15) is 0 Å². The Morgan fingerprint density at radius 2 is 2.26 bits per heavy atom. The maximum atomic E-state index is 5.75. The van der Waals surface area contributed by atoms with Crippen LogP contribution in [-0.2, 0) is 4.74 Å². The molecule has 1 aromatic heterocycles. The smallest absolute Gasteiger partial charge is 0.191 e. The highest BCUT2D eigenvalue weighted by molar-refractivity contribution is 7.98. The summed E-state index contributed by atoms with van der Waals surface area (Å²) in [6, 6.07) is 2.02. The number of anilines is 2. The Kier molecular flexibility index (Phi) is 4.52. The maximum Gasteiger partial charge on any atom is 0.191 e. The number of ether oxygens (including phenoxy) is 1. The second-order valence-electron chi connectivity index (χ2n) is 5.16. The van der Waals surface area contributed by atoms with Gasteiger partial charge in [0.1, 0.15) is 11.6 Å². The highest BCUT2D eigenvalue weighted by Gasteiger charge is 2.28. The lowest BCUT2D eigenvalue weighted by Gasteiger charge is -2.38. The molecule has 2 rings (SSSR count). The average Bonchev–Trinajstić information content (AvgIpc) is 2.37. The largest absolute Gasteiger partial charge is 0.372 e. The Labute approximate surface area is 119 Å². The highest BCUT2D eigenvalue weighted by atomic mass is 32.2. The molecular formula is C13H22N4OS. The minimum absolute atomic E-state index is 0.124. The van der Waals surface area contributed by atoms with Crippen molar-refractivity contribution in [2.75, 3.05) is 42.7 Å². The lowest BCUT2D eigenvalue weighted by Crippen LogP contribution is -2.48. The molecule has 0 aromatic carbocycles. The van der Waals surface area contributed by atoms with E-state index < -0.39 is 0 Å². The number of morpholine rings is 1. The van der Waals surface area contributed by atoms with Gasteiger partial charge in [-0.15, -0.1) is 0 Å². The van der Waals surface area contributed by atoms with Crippen LogP contribution in [0, 0.1) is 0 Å². The van der Waals surface area contributed by atoms with Gasteiger partial charge in [-0.1, -0.05) is 11.8 Å². The molecule has 0 atom stereocenters. The van der Waals surface area contributed by atoms with E-state index in [2.05, 4.69) is 41.0 Å². The van der Waals surface area contributed by atoms with Crippen molar-refractivity contribution in [1.82, 2.24) is 9.97 Å². The first-order valence-electron chi connectivity index (χ1n) is 6.60. The Balaban J connectivity index is 2.25. The van der Waals surface area contributed by atoms with Crippen molar-refractivity contribution in [3.63, 3.8) is 0 Å². The summed E-state index contributed by atoms with van der Waals surface area (Å²) >= 11 is 1.57. The first-order chi connectivity index (χ1) is 9.04. The Hall–Kier alpha value is -1.01. The summed E-state index contributed by atoms with van der Waals surface area (Å²) in [5.41, 5.74) is -0.124. The quantitative estimate of drug-likeness (QED) is 0.675. The molecule has 0 aliphatic carbocycles. The van der Waals surface area contributed by atoms with Crippen LogP contribution in [0.1, 0.15) is 20.8 Å². The zero-order valence-corrected chi connectivity index (χ0v) is 12.9. The third kappa shape index (κ3) is 3.73. The van der Waals surface area contributed by atoms with Crippen LogP contribution in [0.4, 0.5) is 11.6 Å². The van der Waals surface area contributed by atoms with Crippen molar-refractivity contribution >= 4 is 23.4 Å². The predicted octanol–water partition coefficient (Wildman–Crippen LogP) is 2.25. The summed E-state index contributed by atoms with van der Waals surface area (Å²) in [6.45, 7) is 9.62. The molecule has 1 fully saturated rings. The summed E-state index contributed by atoms with van der Waals surface area (Å²) in [5.74, 6) is 1.87. The third-order valence-electron chi connectivity index (χ3n) is 2.98. The number of nitrogens with one attached hydrogen (secondary N) is 1. The first kappa shape index (κ1) is 14.4. The third-order valence-corrected chi connectivity index (χ3v) is 3.53. The van der Waals surface area contributed by atoms with E-state index >= 15 is 0 Å². The Morgan fingerprint density at radius 1 is 1.47 bits per heavy atom. The molecule has 0 bridgehead atoms. The van der Waals surface area contributed by atoms with Crippen molar-refractivity contribution in [2.45, 2.75) is 31.5 Å². The molecule has 1 aromatic rings. The first-order valence-corrected chi connectivity index (χ1v) is 7.82. The second-order valence-corrected chi connectivity index (χ2v) is 5.93. The van der Waals surface area contributed by atoms with Crippen molar-refractivity contribution < 1.29 is 4.74 Å². The molecule has 1 N–H and O–H groups in total. The van der Waals surface area contributed by atoms with Crippen molar-refractivity contribution in [2.24, 2.45) is 0 Å². The number of thioether (sulfide) groups is 1. The molecule has 0 amide bonds. The molecule has 2 heterocycles. The number of hydrogen-bond donors (Lipinski definition) is 1. The number of rotatable bonds is 4. The van der Waals surface area contributed by atoms with E-state index in [9.17, 15) is 0 Å². The summed E-state index contributed by atoms with van der Waals surface area (Å²) < 4.78 is 5.75. The van der Waals surface area contributed by atoms with Gasteiger partial charge in [-0.25, -0.2) is 9.97 Å². The van der Waals surface area contributed by atoms with E-state index in [1.165, 1.54) is 0 Å². The summed E-state index contributed by atoms with van der Waals surface area (Å²) in [7, 11) is 0. The summed E-state index contributed by atoms with van der Waals surface area (Å²) in [5, 5.41) is 4.06. The molecule has 0 radical (unpaired) electrons. The number of aromatic nitrogens is 2. The molecule has 0 spiro atoms. The van der Waals surface area contributed by atoms with Gasteiger partial charge in [0.05, 0.1) is 12.2 Å². The summed E-state index contributed by atoms with van der Waals surface area (Å²) in [4.78, 5) is 11.3. The fraction of sp³-hybridized carbons (Fsp3) is 0.692. The van der Waals surface area contributed by atoms with Crippen LogP contribution < -0.4 is 10.2 Å². The van der Waals surface area contributed by atoms with Gasteiger partial charge >= 0.3 is 0 Å². The molecule has 106 valence electrons. The molecule has 1 saturated heterocycles. The van der Waals surface area contributed by atoms with Gasteiger partial charge in [0.25, 0.3) is 0 Å². The second kappa shape index (κ2) is 5.96. The van der Waals surface area contributed by atoms with Gasteiger partial charge in [0.15, 0.2) is 5.16 Å². The van der Waals surface area contributed by atoms with Gasteiger partial charge in [0.2, 0.25) is 0 Å². The fourth-order valence-electron chi connectivity index (χ4n) is 2.15. The normalized spacial score (nSPS) is 18.4. The number of nitrogens with zero attached hydrogens (tertiary/aromatic N) is 3. The van der Waals surface area contributed by atoms with E-state index in [0.29, 0.717) is 0 Å². The van der Waals surface area contributed by atoms with Crippen LogP contribution in [0.3, 0.4) is 0 Å². The van der Waals surface area contributed by atoms with Crippen LogP contribution in [0.2, 0.25) is 0 Å². The zero-order chi connectivity index (χ0) is 13.9. The van der Waals surface area contributed by atoms with E-state index in [-0.39, 0.29) is 5.60 Å². The molecule has 5 nitrogen and oxygen atoms in total. The van der Waals surface area contributed by atoms with Crippen molar-refractivity contribution in [1.29, 1.82) is 0 Å². The number of hydrogen-bond acceptors (Lipinski definition) is 6. The molecule has 1 aliphatic rings. The molecule has 0 saturated carbocycles. The van der Waals surface area contributed by atoms with E-state index in [4.69, 9.17) is 4.74 Å². The van der Waals surface area contributed by atoms with E-state index in [0.717, 1.165) is 43.0 Å². The standard InChI is InChI=1S/C13H22N4OS/c1-5-14-10-8-11(16-12(15-10)19-4)17-6-7-18-13(2,3)9-17/h8H,5-7,9H2,1-4H3,(H,14,15,16). The van der Waals surface area contributed by atoms with Gasteiger partial charge in [0, 0.05) is 25.7 Å². The van der Waals surface area contributed by atoms with E-state index in [1.807, 2.05) is 12.3 Å². The van der Waals surface area contributed by atoms with Gasteiger partial charge < -0.3 is 15.0 Å². The Bertz CT molecular complexity index is 439. The predicted molar refractivity (Wildman–Crippen MR) is 80.2 cm³/mol. The van der Waals surface area contributed by atoms with E-state index in [1.54, 1.807) is 11.8 Å². The topological polar surface area (TPSA) is 50.3 Å². The summed E-state index contributed by atoms with van der Waals surface area (Å²) in [6.07, 6.45) is 2.00. The molecule has 0 unspecified atom stereocenters. The molecule has 1 aliphatic heterocycles. The fourth-order valence-corrected chi connectivity index (χ4v) is 2.52. The van der Waals surface area contributed by atoms with Crippen molar-refractivity contribution in [3.8, 4) is 0 Å². The minimum Gasteiger partial charge on any atom is -0.372 e. The highest BCUT2D eigenvalue weighted by Crippen LogP contribution is 2.25. The lowest BCUT2D eigenvalue weighted by atomic mass is 10.1.